The van der Waals surface area contributed by atoms with Gasteiger partial charge in [0.25, 0.3) is 5.56 Å². The Morgan fingerprint density at radius 1 is 1.25 bits per heavy atom. The lowest BCUT2D eigenvalue weighted by Crippen LogP contribution is -2.36. The smallest absolute Gasteiger partial charge is 0.257 e. The number of carbonyl (C=O) groups is 2. The van der Waals surface area contributed by atoms with E-state index in [1.807, 2.05) is 24.3 Å². The normalized spacial score (nSPS) is 15.6. The summed E-state index contributed by atoms with van der Waals surface area (Å²) in [5, 5.41) is 5.89. The van der Waals surface area contributed by atoms with Crippen molar-refractivity contribution >= 4 is 35.1 Å². The van der Waals surface area contributed by atoms with Crippen LogP contribution in [0.3, 0.4) is 0 Å². The van der Waals surface area contributed by atoms with Crippen LogP contribution >= 0.6 is 11.8 Å². The van der Waals surface area contributed by atoms with Crippen LogP contribution in [0, 0.1) is 0 Å². The molecule has 3 N–H and O–H groups in total. The maximum absolute atomic E-state index is 12.8. The molecule has 0 saturated carbocycles. The number of aromatic amines is 1. The van der Waals surface area contributed by atoms with E-state index in [9.17, 15) is 14.4 Å². The highest BCUT2D eigenvalue weighted by molar-refractivity contribution is 7.99. The molecule has 2 aromatic rings. The molecule has 0 radical (unpaired) electrons. The first kappa shape index (κ1) is 20.1. The van der Waals surface area contributed by atoms with E-state index in [1.54, 1.807) is 0 Å². The molecule has 3 rings (SSSR count). The highest BCUT2D eigenvalue weighted by Crippen LogP contribution is 2.30. The minimum Gasteiger partial charge on any atom is -0.326 e. The Labute approximate surface area is 167 Å². The summed E-state index contributed by atoms with van der Waals surface area (Å²) in [6.07, 6.45) is 2.86. The second-order valence-corrected chi connectivity index (χ2v) is 7.76. The fourth-order valence-electron chi connectivity index (χ4n) is 3.01. The fraction of sp³-hybridized carbons (Fsp3) is 0.400. The van der Waals surface area contributed by atoms with Gasteiger partial charge < -0.3 is 15.6 Å². The fourth-order valence-corrected chi connectivity index (χ4v) is 3.96. The Bertz CT molecular complexity index is 924. The van der Waals surface area contributed by atoms with Crippen LogP contribution in [0.1, 0.15) is 50.2 Å². The lowest BCUT2D eigenvalue weighted by atomic mass is 9.92. The Morgan fingerprint density at radius 2 is 2.00 bits per heavy atom. The van der Waals surface area contributed by atoms with Gasteiger partial charge in [0.15, 0.2) is 5.16 Å². The summed E-state index contributed by atoms with van der Waals surface area (Å²) in [5.74, 6) is -0.583. The van der Waals surface area contributed by atoms with E-state index in [0.29, 0.717) is 10.8 Å². The lowest BCUT2D eigenvalue weighted by Gasteiger charge is -2.23. The average Bonchev–Trinajstić information content (AvgIpc) is 2.67. The number of amides is 2. The average molecular weight is 401 g/mol. The van der Waals surface area contributed by atoms with Gasteiger partial charge in [-0.1, -0.05) is 44.2 Å². The molecule has 0 bridgehead atoms. The summed E-state index contributed by atoms with van der Waals surface area (Å²) in [6, 6.07) is 7.50. The van der Waals surface area contributed by atoms with Crippen molar-refractivity contribution in [3.63, 3.8) is 0 Å². The number of hydrogen-bond acceptors (Lipinski definition) is 5. The van der Waals surface area contributed by atoms with E-state index in [2.05, 4.69) is 34.4 Å². The van der Waals surface area contributed by atoms with Crippen LogP contribution in [0.2, 0.25) is 0 Å². The van der Waals surface area contributed by atoms with E-state index in [0.717, 1.165) is 30.6 Å². The maximum Gasteiger partial charge on any atom is 0.257 e. The largest absolute Gasteiger partial charge is 0.326 e. The number of fused-ring (bicyclic) bond motifs is 1. The zero-order chi connectivity index (χ0) is 20.1. The number of nitrogens with one attached hydrogen (secondary N) is 3. The molecule has 7 nitrogen and oxygen atoms in total. The van der Waals surface area contributed by atoms with Gasteiger partial charge in [-0.25, -0.2) is 4.98 Å². The van der Waals surface area contributed by atoms with Crippen molar-refractivity contribution < 1.29 is 9.59 Å². The van der Waals surface area contributed by atoms with Gasteiger partial charge >= 0.3 is 0 Å². The summed E-state index contributed by atoms with van der Waals surface area (Å²) in [6.45, 7) is 4.14. The third-order valence-electron chi connectivity index (χ3n) is 4.61. The summed E-state index contributed by atoms with van der Waals surface area (Å²) >= 11 is 1.43. The van der Waals surface area contributed by atoms with Crippen molar-refractivity contribution in [1.29, 1.82) is 0 Å². The van der Waals surface area contributed by atoms with E-state index in [4.69, 9.17) is 0 Å². The number of aromatic nitrogens is 2. The van der Waals surface area contributed by atoms with Gasteiger partial charge in [0, 0.05) is 17.9 Å². The van der Waals surface area contributed by atoms with Crippen molar-refractivity contribution in [2.45, 2.75) is 50.6 Å². The zero-order valence-electron chi connectivity index (χ0n) is 16.0. The monoisotopic (exact) mass is 400 g/mol. The SMILES string of the molecule is CCCCSc1nc2c(c(=O)[nH]1)[C@H](C(=O)Nc1ccc(CC)cc1)CC(=O)N2. The Morgan fingerprint density at radius 3 is 2.68 bits per heavy atom. The number of unbranched alkanes of at least 4 members (excludes halogenated alkanes) is 1. The number of thioether (sulfide) groups is 1. The number of hydrogen-bond donors (Lipinski definition) is 3. The summed E-state index contributed by atoms with van der Waals surface area (Å²) in [7, 11) is 0. The number of benzene rings is 1. The van der Waals surface area contributed by atoms with E-state index in [-0.39, 0.29) is 35.2 Å². The summed E-state index contributed by atoms with van der Waals surface area (Å²) < 4.78 is 0. The van der Waals surface area contributed by atoms with Gasteiger partial charge in [-0.15, -0.1) is 0 Å². The number of rotatable bonds is 7. The molecule has 28 heavy (non-hydrogen) atoms. The molecule has 0 saturated heterocycles. The predicted octanol–water partition coefficient (Wildman–Crippen LogP) is 3.29. The van der Waals surface area contributed by atoms with Crippen molar-refractivity contribution in [1.82, 2.24) is 9.97 Å². The quantitative estimate of drug-likeness (QED) is 0.376. The third kappa shape index (κ3) is 4.62. The van der Waals surface area contributed by atoms with Crippen LogP contribution in [0.15, 0.2) is 34.2 Å². The number of nitrogens with zero attached hydrogens (tertiary/aromatic N) is 1. The molecule has 0 fully saturated rings. The van der Waals surface area contributed by atoms with Crippen molar-refractivity contribution in [2.24, 2.45) is 0 Å². The van der Waals surface area contributed by atoms with Gasteiger partial charge in [-0.2, -0.15) is 0 Å². The molecule has 8 heteroatoms. The number of aryl methyl sites for hydroxylation is 1. The van der Waals surface area contributed by atoms with Crippen LogP contribution in [0.5, 0.6) is 0 Å². The van der Waals surface area contributed by atoms with E-state index in [1.165, 1.54) is 11.8 Å². The molecule has 1 atom stereocenters. The van der Waals surface area contributed by atoms with Gasteiger partial charge in [0.05, 0.1) is 11.5 Å². The molecule has 0 spiro atoms. The van der Waals surface area contributed by atoms with E-state index < -0.39 is 5.92 Å². The second kappa shape index (κ2) is 9.05. The van der Waals surface area contributed by atoms with Crippen LogP contribution in [0.4, 0.5) is 11.5 Å². The van der Waals surface area contributed by atoms with E-state index >= 15 is 0 Å². The standard InChI is InChI=1S/C20H24N4O3S/c1-3-5-10-28-20-23-17-16(19(27)24-20)14(11-15(25)22-17)18(26)21-13-8-6-12(4-2)7-9-13/h6-9,14H,3-5,10-11H2,1-2H3,(H,21,26)(H2,22,23,24,25,27)/t14-/m1/s1. The topological polar surface area (TPSA) is 104 Å². The minimum absolute atomic E-state index is 0.0844. The molecule has 1 aliphatic rings. The first-order valence-corrected chi connectivity index (χ1v) is 10.5. The lowest BCUT2D eigenvalue weighted by molar-refractivity contribution is -0.123. The Hall–Kier alpha value is -2.61. The number of H-pyrrole nitrogens is 1. The van der Waals surface area contributed by atoms with Crippen molar-refractivity contribution in [3.05, 3.63) is 45.7 Å². The molecular formula is C20H24N4O3S. The molecule has 2 heterocycles. The zero-order valence-corrected chi connectivity index (χ0v) is 16.8. The minimum atomic E-state index is -0.874. The molecule has 2 amide bonds. The van der Waals surface area contributed by atoms with Gasteiger partial charge in [0.1, 0.15) is 5.82 Å². The highest BCUT2D eigenvalue weighted by Gasteiger charge is 2.34. The third-order valence-corrected chi connectivity index (χ3v) is 5.57. The second-order valence-electron chi connectivity index (χ2n) is 6.68. The van der Waals surface area contributed by atoms with Gasteiger partial charge in [-0.3, -0.25) is 14.4 Å². The maximum atomic E-state index is 12.8. The Kier molecular flexibility index (Phi) is 6.51. The summed E-state index contributed by atoms with van der Waals surface area (Å²) in [5.41, 5.74) is 1.62. The molecule has 1 aliphatic heterocycles. The number of carbonyl (C=O) groups excluding carboxylic acids is 2. The van der Waals surface area contributed by atoms with Gasteiger partial charge in [0.2, 0.25) is 11.8 Å². The molecule has 1 aromatic carbocycles. The first-order chi connectivity index (χ1) is 13.5. The number of anilines is 2. The predicted molar refractivity (Wildman–Crippen MR) is 111 cm³/mol. The van der Waals surface area contributed by atoms with Crippen LogP contribution < -0.4 is 16.2 Å². The Balaban J connectivity index is 1.83. The molecule has 0 unspecified atom stereocenters. The molecular weight excluding hydrogens is 376 g/mol. The highest BCUT2D eigenvalue weighted by atomic mass is 32.2. The van der Waals surface area contributed by atoms with Crippen molar-refractivity contribution in [2.75, 3.05) is 16.4 Å². The van der Waals surface area contributed by atoms with Crippen molar-refractivity contribution in [3.8, 4) is 0 Å². The van der Waals surface area contributed by atoms with Crippen LogP contribution in [-0.4, -0.2) is 27.5 Å². The molecule has 1 aromatic heterocycles. The molecule has 148 valence electrons. The first-order valence-electron chi connectivity index (χ1n) is 9.48. The summed E-state index contributed by atoms with van der Waals surface area (Å²) in [4.78, 5) is 44.6. The van der Waals surface area contributed by atoms with Crippen LogP contribution in [0.25, 0.3) is 0 Å². The van der Waals surface area contributed by atoms with Gasteiger partial charge in [-0.05, 0) is 30.5 Å². The molecule has 0 aliphatic carbocycles. The van der Waals surface area contributed by atoms with Crippen LogP contribution in [-0.2, 0) is 16.0 Å².